The SMILES string of the molecule is O=C1OCCC=C[C@@H]2S[C@]34C=CCN(c5ccccc5Cl)C(=O)C3N(CCCCCCO)C(=O)[C@@H]4[C@H]12. The van der Waals surface area contributed by atoms with Crippen LogP contribution in [0.1, 0.15) is 32.1 Å². The second-order valence-electron chi connectivity index (χ2n) is 9.70. The summed E-state index contributed by atoms with van der Waals surface area (Å²) in [6.07, 6.45) is 11.7. The number of carbonyl (C=O) groups excluding carboxylic acids is 3. The molecule has 1 aromatic carbocycles. The number of para-hydroxylation sites is 1. The number of thioether (sulfide) groups is 1. The van der Waals surface area contributed by atoms with Gasteiger partial charge in [-0.15, -0.1) is 11.8 Å². The van der Waals surface area contributed by atoms with Crippen LogP contribution in [0.2, 0.25) is 5.02 Å². The van der Waals surface area contributed by atoms with E-state index < -0.39 is 22.6 Å². The highest BCUT2D eigenvalue weighted by Crippen LogP contribution is 2.61. The first-order chi connectivity index (χ1) is 17.5. The average Bonchev–Trinajstić information content (AvgIpc) is 3.23. The van der Waals surface area contributed by atoms with E-state index in [1.807, 2.05) is 42.5 Å². The standard InChI is InChI=1S/C27H31ClN2O5S/c28-18-10-3-4-11-19(18)29-15-9-13-27-22(21-20(36-27)12-5-8-17-35-26(21)34)24(32)30(23(27)25(29)33)14-6-1-2-7-16-31/h3-5,9-13,20-23,31H,1-2,6-8,14-17H2/t20-,21+,22-,23?,27-/m0/s1. The van der Waals surface area contributed by atoms with Gasteiger partial charge in [0, 0.05) is 24.9 Å². The number of amides is 2. The number of aliphatic hydroxyl groups is 1. The number of aliphatic hydroxyl groups excluding tert-OH is 1. The third kappa shape index (κ3) is 4.27. The molecule has 0 aliphatic carbocycles. The average molecular weight is 531 g/mol. The first kappa shape index (κ1) is 25.4. The van der Waals surface area contributed by atoms with Crippen molar-refractivity contribution < 1.29 is 24.2 Å². The van der Waals surface area contributed by atoms with Crippen LogP contribution in [-0.2, 0) is 19.1 Å². The summed E-state index contributed by atoms with van der Waals surface area (Å²) in [5.41, 5.74) is 0.609. The van der Waals surface area contributed by atoms with E-state index >= 15 is 0 Å². The lowest BCUT2D eigenvalue weighted by Crippen LogP contribution is -2.53. The van der Waals surface area contributed by atoms with Gasteiger partial charge in [0.1, 0.15) is 6.04 Å². The molecule has 2 amide bonds. The molecule has 1 aromatic rings. The quantitative estimate of drug-likeness (QED) is 0.329. The molecule has 0 aromatic heterocycles. The molecule has 2 fully saturated rings. The van der Waals surface area contributed by atoms with Crippen molar-refractivity contribution in [1.82, 2.24) is 4.90 Å². The first-order valence-corrected chi connectivity index (χ1v) is 13.9. The Morgan fingerprint density at radius 2 is 1.89 bits per heavy atom. The van der Waals surface area contributed by atoms with Gasteiger partial charge in [0.25, 0.3) is 5.91 Å². The lowest BCUT2D eigenvalue weighted by Gasteiger charge is -2.35. The fourth-order valence-corrected chi connectivity index (χ4v) is 8.22. The van der Waals surface area contributed by atoms with E-state index in [9.17, 15) is 14.4 Å². The van der Waals surface area contributed by atoms with Crippen LogP contribution in [-0.4, -0.2) is 70.1 Å². The maximum Gasteiger partial charge on any atom is 0.311 e. The molecule has 9 heteroatoms. The Labute approximate surface area is 220 Å². The molecule has 4 heterocycles. The van der Waals surface area contributed by atoms with E-state index in [0.29, 0.717) is 43.2 Å². The van der Waals surface area contributed by atoms with E-state index in [0.717, 1.165) is 19.3 Å². The van der Waals surface area contributed by atoms with Crippen LogP contribution in [0.15, 0.2) is 48.6 Å². The summed E-state index contributed by atoms with van der Waals surface area (Å²) in [5.74, 6) is -2.00. The first-order valence-electron chi connectivity index (χ1n) is 12.7. The van der Waals surface area contributed by atoms with Crippen molar-refractivity contribution in [3.05, 3.63) is 53.6 Å². The number of cyclic esters (lactones) is 1. The molecule has 36 heavy (non-hydrogen) atoms. The lowest BCUT2D eigenvalue weighted by atomic mass is 9.78. The molecule has 4 aliphatic heterocycles. The highest BCUT2D eigenvalue weighted by atomic mass is 35.5. The number of rotatable bonds is 7. The minimum absolute atomic E-state index is 0.141. The second kappa shape index (κ2) is 10.6. The highest BCUT2D eigenvalue weighted by molar-refractivity contribution is 8.02. The number of fused-ring (bicyclic) bond motifs is 2. The van der Waals surface area contributed by atoms with E-state index in [2.05, 4.69) is 0 Å². The summed E-state index contributed by atoms with van der Waals surface area (Å²) >= 11 is 8.03. The number of halogens is 1. The van der Waals surface area contributed by atoms with E-state index in [4.69, 9.17) is 21.4 Å². The predicted molar refractivity (Wildman–Crippen MR) is 140 cm³/mol. The van der Waals surface area contributed by atoms with Crippen molar-refractivity contribution in [2.75, 3.05) is 31.2 Å². The van der Waals surface area contributed by atoms with Crippen LogP contribution in [0, 0.1) is 11.8 Å². The fourth-order valence-electron chi connectivity index (χ4n) is 5.98. The molecule has 192 valence electrons. The van der Waals surface area contributed by atoms with Gasteiger partial charge in [-0.2, -0.15) is 0 Å². The van der Waals surface area contributed by atoms with Gasteiger partial charge in [-0.3, -0.25) is 14.4 Å². The molecular formula is C27H31ClN2O5S. The van der Waals surface area contributed by atoms with Gasteiger partial charge < -0.3 is 19.6 Å². The molecule has 5 atom stereocenters. The fraction of sp³-hybridized carbons (Fsp3) is 0.519. The van der Waals surface area contributed by atoms with Crippen LogP contribution in [0.25, 0.3) is 0 Å². The van der Waals surface area contributed by atoms with Gasteiger partial charge >= 0.3 is 5.97 Å². The zero-order valence-electron chi connectivity index (χ0n) is 20.1. The second-order valence-corrected chi connectivity index (χ2v) is 11.6. The minimum Gasteiger partial charge on any atom is -0.465 e. The maximum atomic E-state index is 14.3. The Morgan fingerprint density at radius 1 is 1.08 bits per heavy atom. The van der Waals surface area contributed by atoms with Crippen LogP contribution in [0.3, 0.4) is 0 Å². The largest absolute Gasteiger partial charge is 0.465 e. The molecule has 1 spiro atoms. The van der Waals surface area contributed by atoms with Gasteiger partial charge in [0.2, 0.25) is 5.91 Å². The number of hydrogen-bond donors (Lipinski definition) is 1. The van der Waals surface area contributed by atoms with Crippen molar-refractivity contribution in [1.29, 1.82) is 0 Å². The summed E-state index contributed by atoms with van der Waals surface area (Å²) in [6, 6.07) is 6.48. The number of ether oxygens (including phenoxy) is 1. The van der Waals surface area contributed by atoms with Crippen LogP contribution >= 0.6 is 23.4 Å². The zero-order valence-corrected chi connectivity index (χ0v) is 21.6. The molecule has 0 radical (unpaired) electrons. The van der Waals surface area contributed by atoms with Gasteiger partial charge in [0.05, 0.1) is 33.9 Å². The van der Waals surface area contributed by atoms with Crippen LogP contribution in [0.4, 0.5) is 5.69 Å². The number of carbonyl (C=O) groups is 3. The lowest BCUT2D eigenvalue weighted by molar-refractivity contribution is -0.153. The summed E-state index contributed by atoms with van der Waals surface area (Å²) in [4.78, 5) is 44.8. The number of benzene rings is 1. The maximum absolute atomic E-state index is 14.3. The Bertz CT molecular complexity index is 1090. The molecule has 7 nitrogen and oxygen atoms in total. The number of anilines is 1. The summed E-state index contributed by atoms with van der Waals surface area (Å²) in [7, 11) is 0. The highest BCUT2D eigenvalue weighted by Gasteiger charge is 2.71. The molecule has 2 saturated heterocycles. The van der Waals surface area contributed by atoms with Gasteiger partial charge in [-0.05, 0) is 31.4 Å². The molecule has 0 saturated carbocycles. The Kier molecular flexibility index (Phi) is 7.47. The number of likely N-dealkylation sites (tertiary alicyclic amines) is 1. The van der Waals surface area contributed by atoms with Gasteiger partial charge in [-0.1, -0.05) is 60.9 Å². The van der Waals surface area contributed by atoms with Crippen molar-refractivity contribution in [3.8, 4) is 0 Å². The normalized spacial score (nSPS) is 31.4. The number of hydrogen-bond acceptors (Lipinski definition) is 6. The molecule has 1 unspecified atom stereocenters. The monoisotopic (exact) mass is 530 g/mol. The smallest absolute Gasteiger partial charge is 0.311 e. The van der Waals surface area contributed by atoms with Crippen molar-refractivity contribution in [3.63, 3.8) is 0 Å². The predicted octanol–water partition coefficient (Wildman–Crippen LogP) is 3.60. The van der Waals surface area contributed by atoms with E-state index in [1.54, 1.807) is 27.6 Å². The Hall–Kier alpha value is -2.29. The van der Waals surface area contributed by atoms with Gasteiger partial charge in [-0.25, -0.2) is 0 Å². The zero-order chi connectivity index (χ0) is 25.3. The van der Waals surface area contributed by atoms with Crippen LogP contribution < -0.4 is 4.90 Å². The molecular weight excluding hydrogens is 500 g/mol. The molecule has 4 aliphatic rings. The van der Waals surface area contributed by atoms with E-state index in [1.165, 1.54) is 0 Å². The minimum atomic E-state index is -0.863. The molecule has 1 N–H and O–H groups in total. The van der Waals surface area contributed by atoms with Crippen molar-refractivity contribution in [2.45, 2.75) is 48.1 Å². The summed E-state index contributed by atoms with van der Waals surface area (Å²) < 4.78 is 4.66. The molecule has 5 rings (SSSR count). The van der Waals surface area contributed by atoms with Crippen molar-refractivity contribution >= 4 is 46.8 Å². The Balaban J connectivity index is 1.54. The topological polar surface area (TPSA) is 87.2 Å². The number of esters is 1. The van der Waals surface area contributed by atoms with E-state index in [-0.39, 0.29) is 29.6 Å². The summed E-state index contributed by atoms with van der Waals surface area (Å²) in [6.45, 7) is 1.19. The Morgan fingerprint density at radius 3 is 2.69 bits per heavy atom. The molecule has 0 bridgehead atoms. The summed E-state index contributed by atoms with van der Waals surface area (Å²) in [5, 5.41) is 9.34. The third-order valence-electron chi connectivity index (χ3n) is 7.57. The van der Waals surface area contributed by atoms with Crippen LogP contribution in [0.5, 0.6) is 0 Å². The van der Waals surface area contributed by atoms with Crippen molar-refractivity contribution in [2.24, 2.45) is 11.8 Å². The number of nitrogens with zero attached hydrogens (tertiary/aromatic N) is 2. The number of unbranched alkanes of at least 4 members (excludes halogenated alkanes) is 3. The third-order valence-corrected chi connectivity index (χ3v) is 9.63. The van der Waals surface area contributed by atoms with Gasteiger partial charge in [0.15, 0.2) is 0 Å².